The van der Waals surface area contributed by atoms with Crippen molar-refractivity contribution in [3.05, 3.63) is 11.5 Å². The molecular formula is C11H18ClN3O3S. The lowest BCUT2D eigenvalue weighted by molar-refractivity contribution is 0.226. The van der Waals surface area contributed by atoms with Crippen LogP contribution < -0.4 is 0 Å². The molecule has 0 amide bonds. The highest BCUT2D eigenvalue weighted by atomic mass is 35.5. The van der Waals surface area contributed by atoms with Gasteiger partial charge in [-0.1, -0.05) is 24.4 Å². The van der Waals surface area contributed by atoms with E-state index in [2.05, 4.69) is 4.98 Å². The van der Waals surface area contributed by atoms with E-state index in [0.717, 1.165) is 25.7 Å². The number of sulfonamides is 1. The van der Waals surface area contributed by atoms with E-state index in [9.17, 15) is 8.42 Å². The van der Waals surface area contributed by atoms with Crippen LogP contribution in [0.1, 0.15) is 25.7 Å². The molecule has 0 bridgehead atoms. The van der Waals surface area contributed by atoms with E-state index < -0.39 is 10.0 Å². The largest absolute Gasteiger partial charge is 0.395 e. The van der Waals surface area contributed by atoms with Gasteiger partial charge in [-0.15, -0.1) is 0 Å². The summed E-state index contributed by atoms with van der Waals surface area (Å²) in [5.41, 5.74) is 0. The number of rotatable bonds is 5. The summed E-state index contributed by atoms with van der Waals surface area (Å²) in [5, 5.41) is 9.09. The van der Waals surface area contributed by atoms with Crippen molar-refractivity contribution in [2.75, 3.05) is 13.2 Å². The lowest BCUT2D eigenvalue weighted by Crippen LogP contribution is -2.41. The first-order valence-corrected chi connectivity index (χ1v) is 8.10. The molecule has 1 heterocycles. The van der Waals surface area contributed by atoms with Crippen LogP contribution in [-0.4, -0.2) is 46.6 Å². The zero-order valence-electron chi connectivity index (χ0n) is 10.8. The highest BCUT2D eigenvalue weighted by Crippen LogP contribution is 2.30. The van der Waals surface area contributed by atoms with Crippen molar-refractivity contribution in [2.45, 2.75) is 36.8 Å². The van der Waals surface area contributed by atoms with Crippen molar-refractivity contribution >= 4 is 21.6 Å². The maximum Gasteiger partial charge on any atom is 0.264 e. The van der Waals surface area contributed by atoms with Gasteiger partial charge in [0.15, 0.2) is 0 Å². The van der Waals surface area contributed by atoms with Gasteiger partial charge in [0.2, 0.25) is 5.03 Å². The summed E-state index contributed by atoms with van der Waals surface area (Å²) in [5.74, 6) is 0. The molecule has 0 spiro atoms. The number of hydrogen-bond acceptors (Lipinski definition) is 4. The summed E-state index contributed by atoms with van der Waals surface area (Å²) in [4.78, 5) is 3.88. The van der Waals surface area contributed by atoms with E-state index in [0.29, 0.717) is 0 Å². The van der Waals surface area contributed by atoms with Gasteiger partial charge in [0.25, 0.3) is 10.0 Å². The Bertz CT molecular complexity index is 537. The molecule has 19 heavy (non-hydrogen) atoms. The second kappa shape index (κ2) is 5.78. The Morgan fingerprint density at radius 1 is 1.53 bits per heavy atom. The van der Waals surface area contributed by atoms with Crippen molar-refractivity contribution in [1.82, 2.24) is 13.9 Å². The summed E-state index contributed by atoms with van der Waals surface area (Å²) in [7, 11) is -2.11. The number of hydrogen-bond donors (Lipinski definition) is 1. The second-order valence-electron chi connectivity index (χ2n) is 4.73. The minimum absolute atomic E-state index is 0.0600. The van der Waals surface area contributed by atoms with Gasteiger partial charge in [0.05, 0.1) is 12.9 Å². The van der Waals surface area contributed by atoms with Crippen LogP contribution >= 0.6 is 11.6 Å². The van der Waals surface area contributed by atoms with E-state index in [1.54, 1.807) is 7.05 Å². The van der Waals surface area contributed by atoms with Gasteiger partial charge in [0, 0.05) is 19.6 Å². The van der Waals surface area contributed by atoms with Gasteiger partial charge < -0.3 is 9.67 Å². The number of aliphatic hydroxyl groups excluding tert-OH is 1. The average molecular weight is 308 g/mol. The fourth-order valence-electron chi connectivity index (χ4n) is 2.47. The van der Waals surface area contributed by atoms with Crippen LogP contribution in [0.15, 0.2) is 11.4 Å². The lowest BCUT2D eigenvalue weighted by Gasteiger charge is -2.26. The topological polar surface area (TPSA) is 75.4 Å². The molecule has 2 rings (SSSR count). The molecule has 0 saturated heterocycles. The Kier molecular flexibility index (Phi) is 4.50. The first-order valence-electron chi connectivity index (χ1n) is 6.28. The minimum atomic E-state index is -3.75. The van der Waals surface area contributed by atoms with Crippen molar-refractivity contribution in [2.24, 2.45) is 7.05 Å². The molecule has 0 atom stereocenters. The number of nitrogens with zero attached hydrogens (tertiary/aromatic N) is 3. The normalized spacial score (nSPS) is 17.5. The predicted octanol–water partition coefficient (Wildman–Crippen LogP) is 0.999. The molecular weight excluding hydrogens is 290 g/mol. The Hall–Kier alpha value is -0.630. The van der Waals surface area contributed by atoms with Crippen molar-refractivity contribution in [3.63, 3.8) is 0 Å². The van der Waals surface area contributed by atoms with Gasteiger partial charge >= 0.3 is 0 Å². The Labute approximate surface area is 118 Å². The number of aryl methyl sites for hydroxylation is 1. The SMILES string of the molecule is Cn1cnc(S(=O)(=O)N(CCO)C2CCCC2)c1Cl. The fourth-order valence-corrected chi connectivity index (χ4v) is 4.54. The summed E-state index contributed by atoms with van der Waals surface area (Å²) in [6.07, 6.45) is 5.05. The molecule has 108 valence electrons. The second-order valence-corrected chi connectivity index (χ2v) is 6.89. The lowest BCUT2D eigenvalue weighted by atomic mass is 10.2. The molecule has 1 fully saturated rings. The Morgan fingerprint density at radius 3 is 2.63 bits per heavy atom. The van der Waals surface area contributed by atoms with Crippen LogP contribution in [0.3, 0.4) is 0 Å². The highest BCUT2D eigenvalue weighted by Gasteiger charge is 2.35. The summed E-state index contributed by atoms with van der Waals surface area (Å²) >= 11 is 5.98. The average Bonchev–Trinajstić information content (AvgIpc) is 2.98. The molecule has 1 saturated carbocycles. The number of imidazole rings is 1. The van der Waals surface area contributed by atoms with E-state index >= 15 is 0 Å². The monoisotopic (exact) mass is 307 g/mol. The first kappa shape index (κ1) is 14.8. The molecule has 6 nitrogen and oxygen atoms in total. The molecule has 1 aromatic rings. The van der Waals surface area contributed by atoms with Crippen LogP contribution in [0.25, 0.3) is 0 Å². The van der Waals surface area contributed by atoms with Crippen molar-refractivity contribution in [1.29, 1.82) is 0 Å². The Morgan fingerprint density at radius 2 is 2.16 bits per heavy atom. The molecule has 1 aliphatic rings. The Balaban J connectivity index is 2.36. The third-order valence-electron chi connectivity index (χ3n) is 3.44. The third-order valence-corrected chi connectivity index (χ3v) is 5.88. The fraction of sp³-hybridized carbons (Fsp3) is 0.727. The van der Waals surface area contributed by atoms with E-state index in [4.69, 9.17) is 16.7 Å². The van der Waals surface area contributed by atoms with Crippen LogP contribution in [0.5, 0.6) is 0 Å². The number of aromatic nitrogens is 2. The van der Waals surface area contributed by atoms with Crippen LogP contribution in [0.4, 0.5) is 0 Å². The third kappa shape index (κ3) is 2.79. The van der Waals surface area contributed by atoms with Gasteiger partial charge in [-0.2, -0.15) is 4.31 Å². The highest BCUT2D eigenvalue weighted by molar-refractivity contribution is 7.89. The maximum absolute atomic E-state index is 12.6. The molecule has 1 aromatic heterocycles. The van der Waals surface area contributed by atoms with E-state index in [1.165, 1.54) is 15.2 Å². The molecule has 0 aliphatic heterocycles. The number of aliphatic hydroxyl groups is 1. The van der Waals surface area contributed by atoms with E-state index in [1.807, 2.05) is 0 Å². The molecule has 0 unspecified atom stereocenters. The maximum atomic E-state index is 12.6. The van der Waals surface area contributed by atoms with Crippen molar-refractivity contribution in [3.8, 4) is 0 Å². The first-order chi connectivity index (χ1) is 8.98. The van der Waals surface area contributed by atoms with Crippen LogP contribution in [-0.2, 0) is 17.1 Å². The van der Waals surface area contributed by atoms with Gasteiger partial charge in [-0.05, 0) is 12.8 Å². The zero-order chi connectivity index (χ0) is 14.0. The summed E-state index contributed by atoms with van der Waals surface area (Å²) in [6, 6.07) is -0.0600. The van der Waals surface area contributed by atoms with Gasteiger partial charge in [-0.3, -0.25) is 0 Å². The zero-order valence-corrected chi connectivity index (χ0v) is 12.4. The minimum Gasteiger partial charge on any atom is -0.395 e. The molecule has 1 N–H and O–H groups in total. The van der Waals surface area contributed by atoms with Crippen molar-refractivity contribution < 1.29 is 13.5 Å². The number of halogens is 1. The molecule has 1 aliphatic carbocycles. The van der Waals surface area contributed by atoms with Gasteiger partial charge in [0.1, 0.15) is 5.15 Å². The molecule has 0 radical (unpaired) electrons. The standard InChI is InChI=1S/C11H18ClN3O3S/c1-14-8-13-11(10(14)12)19(17,18)15(6-7-16)9-4-2-3-5-9/h8-9,16H,2-7H2,1H3. The quantitative estimate of drug-likeness (QED) is 0.880. The van der Waals surface area contributed by atoms with Crippen LogP contribution in [0, 0.1) is 0 Å². The summed E-state index contributed by atoms with van der Waals surface area (Å²) in [6.45, 7) is -0.125. The van der Waals surface area contributed by atoms with Crippen LogP contribution in [0.2, 0.25) is 5.15 Å². The molecule has 8 heteroatoms. The summed E-state index contributed by atoms with van der Waals surface area (Å²) < 4.78 is 28.0. The van der Waals surface area contributed by atoms with E-state index in [-0.39, 0.29) is 29.4 Å². The smallest absolute Gasteiger partial charge is 0.264 e. The predicted molar refractivity (Wildman–Crippen MR) is 71.5 cm³/mol. The molecule has 0 aromatic carbocycles. The van der Waals surface area contributed by atoms with Gasteiger partial charge in [-0.25, -0.2) is 13.4 Å².